The third-order valence-electron chi connectivity index (χ3n) is 2.00. The Morgan fingerprint density at radius 2 is 1.71 bits per heavy atom. The monoisotopic (exact) mass is 261 g/mol. The quantitative estimate of drug-likeness (QED) is 0.404. The van der Waals surface area contributed by atoms with E-state index in [9.17, 15) is 19.2 Å². The molecule has 0 aliphatic rings. The Labute approximate surface area is 103 Å². The maximum absolute atomic E-state index is 11.5. The Balaban J connectivity index is 4.25. The molecular weight excluding hydrogens is 248 g/mol. The van der Waals surface area contributed by atoms with Crippen molar-refractivity contribution in [1.82, 2.24) is 0 Å². The zero-order valence-corrected chi connectivity index (χ0v) is 9.85. The van der Waals surface area contributed by atoms with Gasteiger partial charge in [0.2, 0.25) is 0 Å². The molecule has 0 aromatic carbocycles. The largest absolute Gasteiger partial charge is 0.481 e. The van der Waals surface area contributed by atoms with Crippen LogP contribution in [0.5, 0.6) is 0 Å². The molecule has 0 aromatic rings. The lowest BCUT2D eigenvalue weighted by Gasteiger charge is -2.10. The van der Waals surface area contributed by atoms with E-state index in [1.165, 1.54) is 0 Å². The highest BCUT2D eigenvalue weighted by Crippen LogP contribution is 2.11. The predicted molar refractivity (Wildman–Crippen MR) is 60.8 cm³/mol. The highest BCUT2D eigenvalue weighted by atomic mass is 32.1. The summed E-state index contributed by atoms with van der Waals surface area (Å²) in [5, 5.41) is 16.7. The van der Waals surface area contributed by atoms with Crippen LogP contribution >= 0.6 is 12.6 Å². The number of hydrogen-bond donors (Lipinski definition) is 3. The average molecular weight is 261 g/mol. The summed E-state index contributed by atoms with van der Waals surface area (Å²) >= 11 is 3.82. The van der Waals surface area contributed by atoms with Gasteiger partial charge in [0.15, 0.2) is 5.78 Å². The molecule has 95 valence electrons. The van der Waals surface area contributed by atoms with Gasteiger partial charge in [0.25, 0.3) is 0 Å². The van der Waals surface area contributed by atoms with E-state index >= 15 is 0 Å². The molecule has 0 fully saturated rings. The van der Waals surface area contributed by atoms with Crippen molar-refractivity contribution in [2.75, 3.05) is 5.75 Å². The zero-order chi connectivity index (χ0) is 13.4. The van der Waals surface area contributed by atoms with Crippen LogP contribution < -0.4 is 0 Å². The Bertz CT molecular complexity index is 325. The van der Waals surface area contributed by atoms with E-state index in [0.717, 1.165) is 6.42 Å². The van der Waals surface area contributed by atoms with Gasteiger partial charge >= 0.3 is 11.9 Å². The van der Waals surface area contributed by atoms with Gasteiger partial charge in [-0.15, -0.1) is 0 Å². The van der Waals surface area contributed by atoms with E-state index in [2.05, 4.69) is 12.6 Å². The molecule has 1 atom stereocenters. The zero-order valence-electron chi connectivity index (χ0n) is 8.96. The Morgan fingerprint density at radius 1 is 1.12 bits per heavy atom. The highest BCUT2D eigenvalue weighted by molar-refractivity contribution is 7.80. The van der Waals surface area contributed by atoms with Crippen molar-refractivity contribution < 1.29 is 29.4 Å². The number of ketones is 2. The molecule has 0 unspecified atom stereocenters. The fourth-order valence-corrected chi connectivity index (χ4v) is 1.57. The normalized spacial score (nSPS) is 11.8. The van der Waals surface area contributed by atoms with E-state index in [0.29, 0.717) is 0 Å². The topological polar surface area (TPSA) is 109 Å². The van der Waals surface area contributed by atoms with Gasteiger partial charge in [-0.05, 0) is 6.42 Å². The average Bonchev–Trinajstić information content (AvgIpc) is 2.16. The van der Waals surface area contributed by atoms with Crippen molar-refractivity contribution in [2.24, 2.45) is 5.92 Å². The van der Waals surface area contributed by atoms with Crippen molar-refractivity contribution in [3.63, 3.8) is 0 Å². The summed E-state index contributed by atoms with van der Waals surface area (Å²) in [7, 11) is 0. The van der Waals surface area contributed by atoms with Crippen molar-refractivity contribution in [3.8, 4) is 0 Å². The van der Waals surface area contributed by atoms with Crippen LogP contribution in [0.3, 0.4) is 0 Å². The van der Waals surface area contributed by atoms with E-state index in [1.54, 1.807) is 0 Å². The van der Waals surface area contributed by atoms with Gasteiger partial charge in [-0.2, -0.15) is 12.6 Å². The van der Waals surface area contributed by atoms with Crippen LogP contribution in [-0.2, 0) is 19.2 Å². The van der Waals surface area contributed by atoms with Crippen molar-refractivity contribution in [3.05, 3.63) is 6.42 Å². The molecule has 0 aliphatic carbocycles. The van der Waals surface area contributed by atoms with Crippen LogP contribution in [0.25, 0.3) is 0 Å². The van der Waals surface area contributed by atoms with Gasteiger partial charge in [-0.25, -0.2) is 0 Å². The first-order chi connectivity index (χ1) is 7.88. The number of hydrogen-bond acceptors (Lipinski definition) is 5. The number of carbonyl (C=O) groups is 4. The van der Waals surface area contributed by atoms with Gasteiger partial charge in [-0.1, -0.05) is 0 Å². The molecule has 0 spiro atoms. The summed E-state index contributed by atoms with van der Waals surface area (Å²) in [6, 6.07) is 0. The van der Waals surface area contributed by atoms with Gasteiger partial charge in [0.05, 0.1) is 12.3 Å². The van der Waals surface area contributed by atoms with Crippen molar-refractivity contribution in [2.45, 2.75) is 19.3 Å². The van der Waals surface area contributed by atoms with Crippen LogP contribution in [0.4, 0.5) is 0 Å². The summed E-state index contributed by atoms with van der Waals surface area (Å²) in [6.45, 7) is 0. The molecule has 7 heteroatoms. The SMILES string of the molecule is O=C(O)[CH]CCC(=O)[C@@H](CS)C(=O)CC(=O)O. The third kappa shape index (κ3) is 6.72. The maximum Gasteiger partial charge on any atom is 0.310 e. The molecule has 0 heterocycles. The number of carboxylic acid groups (broad SMARTS) is 2. The molecule has 0 amide bonds. The number of aliphatic carboxylic acids is 2. The summed E-state index contributed by atoms with van der Waals surface area (Å²) in [5.41, 5.74) is 0. The predicted octanol–water partition coefficient (Wildman–Crippen LogP) is 0.214. The van der Waals surface area contributed by atoms with Crippen LogP contribution in [-0.4, -0.2) is 39.5 Å². The van der Waals surface area contributed by atoms with Crippen molar-refractivity contribution in [1.29, 1.82) is 0 Å². The molecule has 0 aliphatic heterocycles. The lowest BCUT2D eigenvalue weighted by atomic mass is 9.95. The first-order valence-electron chi connectivity index (χ1n) is 4.82. The Kier molecular flexibility index (Phi) is 7.20. The fourth-order valence-electron chi connectivity index (χ4n) is 1.17. The smallest absolute Gasteiger partial charge is 0.310 e. The second kappa shape index (κ2) is 7.83. The second-order valence-corrected chi connectivity index (χ2v) is 3.68. The van der Waals surface area contributed by atoms with Crippen molar-refractivity contribution >= 4 is 36.1 Å². The Hall–Kier alpha value is -1.37. The lowest BCUT2D eigenvalue weighted by molar-refractivity contribution is -0.142. The highest BCUT2D eigenvalue weighted by Gasteiger charge is 2.26. The summed E-state index contributed by atoms with van der Waals surface area (Å²) in [4.78, 5) is 43.3. The van der Waals surface area contributed by atoms with Crippen LogP contribution in [0, 0.1) is 12.3 Å². The molecule has 6 nitrogen and oxygen atoms in total. The van der Waals surface area contributed by atoms with Gasteiger partial charge in [-0.3, -0.25) is 19.2 Å². The minimum Gasteiger partial charge on any atom is -0.481 e. The number of carboxylic acids is 2. The third-order valence-corrected chi connectivity index (χ3v) is 2.36. The molecule has 2 N–H and O–H groups in total. The molecular formula is C10H13O6S. The molecule has 17 heavy (non-hydrogen) atoms. The molecule has 0 saturated carbocycles. The van der Waals surface area contributed by atoms with Gasteiger partial charge in [0, 0.05) is 12.2 Å². The van der Waals surface area contributed by atoms with Gasteiger partial charge < -0.3 is 10.2 Å². The minimum atomic E-state index is -1.30. The second-order valence-electron chi connectivity index (χ2n) is 3.32. The van der Waals surface area contributed by atoms with E-state index in [4.69, 9.17) is 10.2 Å². The first-order valence-corrected chi connectivity index (χ1v) is 5.46. The first kappa shape index (κ1) is 15.6. The lowest BCUT2D eigenvalue weighted by Crippen LogP contribution is -2.27. The van der Waals surface area contributed by atoms with Crippen LogP contribution in [0.1, 0.15) is 19.3 Å². The van der Waals surface area contributed by atoms with E-state index in [-0.39, 0.29) is 18.6 Å². The van der Waals surface area contributed by atoms with Crippen LogP contribution in [0.15, 0.2) is 0 Å². The summed E-state index contributed by atoms with van der Waals surface area (Å²) in [5.74, 6) is -4.77. The Morgan fingerprint density at radius 3 is 2.12 bits per heavy atom. The molecule has 1 radical (unpaired) electrons. The standard InChI is InChI=1S/C10H13O6S/c11-7(2-1-3-9(13)14)6(5-17)8(12)4-10(15)16/h3,6,17H,1-2,4-5H2,(H,13,14)(H,15,16)/t6-/m1/s1. The number of thiol groups is 1. The van der Waals surface area contributed by atoms with E-state index in [1.807, 2.05) is 0 Å². The molecule has 0 saturated heterocycles. The van der Waals surface area contributed by atoms with E-state index < -0.39 is 35.8 Å². The molecule has 0 bridgehead atoms. The maximum atomic E-state index is 11.5. The number of rotatable bonds is 9. The number of carbonyl (C=O) groups excluding carboxylic acids is 2. The molecule has 0 rings (SSSR count). The fraction of sp³-hybridized carbons (Fsp3) is 0.500. The summed E-state index contributed by atoms with van der Waals surface area (Å²) in [6.07, 6.45) is 0.0937. The summed E-state index contributed by atoms with van der Waals surface area (Å²) < 4.78 is 0. The molecule has 0 aromatic heterocycles. The minimum absolute atomic E-state index is 0.0127. The van der Waals surface area contributed by atoms with Crippen LogP contribution in [0.2, 0.25) is 0 Å². The number of Topliss-reactive ketones (excluding diaryl/α,β-unsaturated/α-hetero) is 2. The van der Waals surface area contributed by atoms with Gasteiger partial charge in [0.1, 0.15) is 12.2 Å².